The third kappa shape index (κ3) is 2.92. The highest BCUT2D eigenvalue weighted by Gasteiger charge is 2.15. The first-order valence-electron chi connectivity index (χ1n) is 5.00. The predicted octanol–water partition coefficient (Wildman–Crippen LogP) is 2.62. The van der Waals surface area contributed by atoms with Crippen LogP contribution in [0.1, 0.15) is 5.56 Å². The standard InChI is InChI=1S/C11H8ClN3O3/c12-10-9(15(16)17)6-13-11(14-10)18-7-8-4-2-1-3-5-8/h1-6H,7H2. The van der Waals surface area contributed by atoms with Gasteiger partial charge in [0.05, 0.1) is 4.92 Å². The molecule has 92 valence electrons. The first kappa shape index (κ1) is 12.3. The molecule has 18 heavy (non-hydrogen) atoms. The molecule has 0 aliphatic rings. The number of ether oxygens (including phenoxy) is 1. The van der Waals surface area contributed by atoms with Gasteiger partial charge in [0.15, 0.2) is 0 Å². The maximum absolute atomic E-state index is 10.5. The Morgan fingerprint density at radius 1 is 1.33 bits per heavy atom. The van der Waals surface area contributed by atoms with Crippen molar-refractivity contribution in [2.45, 2.75) is 6.61 Å². The zero-order chi connectivity index (χ0) is 13.0. The van der Waals surface area contributed by atoms with E-state index in [0.29, 0.717) is 0 Å². The molecule has 1 aromatic carbocycles. The van der Waals surface area contributed by atoms with E-state index in [1.165, 1.54) is 0 Å². The average molecular weight is 266 g/mol. The minimum atomic E-state index is -0.649. The highest BCUT2D eigenvalue weighted by atomic mass is 35.5. The second-order valence-electron chi connectivity index (χ2n) is 3.36. The Bertz CT molecular complexity index is 563. The van der Waals surface area contributed by atoms with Crippen molar-refractivity contribution in [2.24, 2.45) is 0 Å². The van der Waals surface area contributed by atoms with Crippen molar-refractivity contribution in [2.75, 3.05) is 0 Å². The molecule has 2 rings (SSSR count). The van der Waals surface area contributed by atoms with Crippen LogP contribution in [0.25, 0.3) is 0 Å². The molecule has 0 amide bonds. The Kier molecular flexibility index (Phi) is 3.69. The lowest BCUT2D eigenvalue weighted by Gasteiger charge is -2.04. The van der Waals surface area contributed by atoms with Crippen LogP contribution >= 0.6 is 11.6 Å². The second-order valence-corrected chi connectivity index (χ2v) is 3.72. The molecule has 1 heterocycles. The summed E-state index contributed by atoms with van der Waals surface area (Å²) in [6, 6.07) is 9.42. The number of benzene rings is 1. The van der Waals surface area contributed by atoms with Crippen LogP contribution in [0.15, 0.2) is 36.5 Å². The van der Waals surface area contributed by atoms with Crippen molar-refractivity contribution in [1.82, 2.24) is 9.97 Å². The quantitative estimate of drug-likeness (QED) is 0.482. The summed E-state index contributed by atoms with van der Waals surface area (Å²) in [5.74, 6) is 0. The van der Waals surface area contributed by atoms with Crippen LogP contribution in [0.2, 0.25) is 5.15 Å². The molecule has 0 saturated carbocycles. The number of aromatic nitrogens is 2. The second kappa shape index (κ2) is 5.42. The molecule has 1 aromatic heterocycles. The van der Waals surface area contributed by atoms with E-state index in [1.807, 2.05) is 30.3 Å². The van der Waals surface area contributed by atoms with E-state index >= 15 is 0 Å². The molecule has 7 heteroatoms. The highest BCUT2D eigenvalue weighted by molar-refractivity contribution is 6.31. The van der Waals surface area contributed by atoms with Gasteiger partial charge in [-0.05, 0) is 5.56 Å². The van der Waals surface area contributed by atoms with Gasteiger partial charge in [0.2, 0.25) is 5.15 Å². The van der Waals surface area contributed by atoms with Crippen molar-refractivity contribution in [1.29, 1.82) is 0 Å². The van der Waals surface area contributed by atoms with Crippen LogP contribution in [0.5, 0.6) is 6.01 Å². The molecule has 0 aliphatic carbocycles. The molecule has 0 aliphatic heterocycles. The number of nitro groups is 1. The fraction of sp³-hybridized carbons (Fsp3) is 0.0909. The zero-order valence-electron chi connectivity index (χ0n) is 9.12. The van der Waals surface area contributed by atoms with Gasteiger partial charge in [-0.1, -0.05) is 41.9 Å². The molecule has 0 saturated heterocycles. The highest BCUT2D eigenvalue weighted by Crippen LogP contribution is 2.22. The molecule has 6 nitrogen and oxygen atoms in total. The van der Waals surface area contributed by atoms with Gasteiger partial charge >= 0.3 is 11.7 Å². The van der Waals surface area contributed by atoms with E-state index in [4.69, 9.17) is 16.3 Å². The maximum Gasteiger partial charge on any atom is 0.324 e. The van der Waals surface area contributed by atoms with E-state index in [-0.39, 0.29) is 23.5 Å². The molecule has 0 unspecified atom stereocenters. The van der Waals surface area contributed by atoms with Gasteiger partial charge in [-0.2, -0.15) is 9.97 Å². The summed E-state index contributed by atoms with van der Waals surface area (Å²) in [6.07, 6.45) is 1.02. The molecule has 0 radical (unpaired) electrons. The maximum atomic E-state index is 10.5. The minimum absolute atomic E-state index is 0.00875. The summed E-state index contributed by atoms with van der Waals surface area (Å²) in [5.41, 5.74) is 0.597. The van der Waals surface area contributed by atoms with Crippen LogP contribution in [-0.2, 0) is 6.61 Å². The number of hydrogen-bond donors (Lipinski definition) is 0. The Morgan fingerprint density at radius 3 is 2.67 bits per heavy atom. The fourth-order valence-electron chi connectivity index (χ4n) is 1.25. The molecule has 0 spiro atoms. The molecular formula is C11H8ClN3O3. The van der Waals surface area contributed by atoms with Gasteiger partial charge < -0.3 is 4.74 Å². The van der Waals surface area contributed by atoms with Gasteiger partial charge in [0.25, 0.3) is 0 Å². The van der Waals surface area contributed by atoms with Crippen molar-refractivity contribution >= 4 is 17.3 Å². The SMILES string of the molecule is O=[N+]([O-])c1cnc(OCc2ccccc2)nc1Cl. The van der Waals surface area contributed by atoms with E-state index < -0.39 is 4.92 Å². The van der Waals surface area contributed by atoms with E-state index in [2.05, 4.69) is 9.97 Å². The summed E-state index contributed by atoms with van der Waals surface area (Å²) in [4.78, 5) is 17.3. The Labute approximate surface area is 107 Å². The molecule has 0 bridgehead atoms. The summed E-state index contributed by atoms with van der Waals surface area (Å²) >= 11 is 5.63. The zero-order valence-corrected chi connectivity index (χ0v) is 9.87. The third-order valence-electron chi connectivity index (χ3n) is 2.11. The lowest BCUT2D eigenvalue weighted by molar-refractivity contribution is -0.385. The fourth-order valence-corrected chi connectivity index (χ4v) is 1.44. The van der Waals surface area contributed by atoms with Gasteiger partial charge in [-0.15, -0.1) is 0 Å². The van der Waals surface area contributed by atoms with Crippen molar-refractivity contribution in [3.05, 3.63) is 57.4 Å². The summed E-state index contributed by atoms with van der Waals surface area (Å²) in [7, 11) is 0. The summed E-state index contributed by atoms with van der Waals surface area (Å²) < 4.78 is 5.28. The Morgan fingerprint density at radius 2 is 2.06 bits per heavy atom. The van der Waals surface area contributed by atoms with Crippen LogP contribution in [-0.4, -0.2) is 14.9 Å². The van der Waals surface area contributed by atoms with E-state index in [1.54, 1.807) is 0 Å². The largest absolute Gasteiger partial charge is 0.459 e. The third-order valence-corrected chi connectivity index (χ3v) is 2.39. The molecule has 0 fully saturated rings. The average Bonchev–Trinajstić information content (AvgIpc) is 2.37. The van der Waals surface area contributed by atoms with E-state index in [9.17, 15) is 10.1 Å². The molecule has 2 aromatic rings. The van der Waals surface area contributed by atoms with Gasteiger partial charge in [-0.3, -0.25) is 10.1 Å². The first-order valence-corrected chi connectivity index (χ1v) is 5.38. The summed E-state index contributed by atoms with van der Waals surface area (Å²) in [5, 5.41) is 10.3. The number of rotatable bonds is 4. The molecule has 0 atom stereocenters. The minimum Gasteiger partial charge on any atom is -0.459 e. The van der Waals surface area contributed by atoms with Crippen LogP contribution < -0.4 is 4.74 Å². The lowest BCUT2D eigenvalue weighted by Crippen LogP contribution is -2.01. The van der Waals surface area contributed by atoms with E-state index in [0.717, 1.165) is 11.8 Å². The number of hydrogen-bond acceptors (Lipinski definition) is 5. The normalized spacial score (nSPS) is 10.1. The van der Waals surface area contributed by atoms with Gasteiger partial charge in [-0.25, -0.2) is 0 Å². The predicted molar refractivity (Wildman–Crippen MR) is 64.5 cm³/mol. The lowest BCUT2D eigenvalue weighted by atomic mass is 10.2. The van der Waals surface area contributed by atoms with Gasteiger partial charge in [0, 0.05) is 0 Å². The van der Waals surface area contributed by atoms with Crippen molar-refractivity contribution in [3.8, 4) is 6.01 Å². The topological polar surface area (TPSA) is 78.2 Å². The van der Waals surface area contributed by atoms with Crippen molar-refractivity contribution in [3.63, 3.8) is 0 Å². The smallest absolute Gasteiger partial charge is 0.324 e. The Balaban J connectivity index is 2.07. The van der Waals surface area contributed by atoms with Crippen molar-refractivity contribution < 1.29 is 9.66 Å². The number of nitrogens with zero attached hydrogens (tertiary/aromatic N) is 3. The number of halogens is 1. The van der Waals surface area contributed by atoms with Crippen LogP contribution in [0, 0.1) is 10.1 Å². The molecule has 0 N–H and O–H groups in total. The first-order chi connectivity index (χ1) is 8.66. The molecular weight excluding hydrogens is 258 g/mol. The van der Waals surface area contributed by atoms with Gasteiger partial charge in [0.1, 0.15) is 12.8 Å². The Hall–Kier alpha value is -2.21. The van der Waals surface area contributed by atoms with Crippen LogP contribution in [0.4, 0.5) is 5.69 Å². The monoisotopic (exact) mass is 265 g/mol. The summed E-state index contributed by atoms with van der Waals surface area (Å²) in [6.45, 7) is 0.273. The van der Waals surface area contributed by atoms with Crippen LogP contribution in [0.3, 0.4) is 0 Å².